The van der Waals surface area contributed by atoms with E-state index in [1.807, 2.05) is 0 Å². The summed E-state index contributed by atoms with van der Waals surface area (Å²) < 4.78 is 5.09. The van der Waals surface area contributed by atoms with Gasteiger partial charge in [0.1, 0.15) is 11.3 Å². The minimum atomic E-state index is -1.07. The summed E-state index contributed by atoms with van der Waals surface area (Å²) in [4.78, 5) is 11.0. The van der Waals surface area contributed by atoms with Gasteiger partial charge in [0.15, 0.2) is 0 Å². The van der Waals surface area contributed by atoms with Gasteiger partial charge in [0, 0.05) is 5.56 Å². The van der Waals surface area contributed by atoms with E-state index in [0.717, 1.165) is 0 Å². The molecule has 15 heavy (non-hydrogen) atoms. The Balaban J connectivity index is 2.64. The normalized spacial score (nSPS) is 13.3. The van der Waals surface area contributed by atoms with Gasteiger partial charge in [0.25, 0.3) is 0 Å². The molecule has 1 aromatic rings. The van der Waals surface area contributed by atoms with E-state index in [1.54, 1.807) is 25.1 Å². The van der Waals surface area contributed by atoms with Crippen LogP contribution in [-0.4, -0.2) is 23.2 Å². The third-order valence-electron chi connectivity index (χ3n) is 2.29. The number of carboxylic acids is 1. The van der Waals surface area contributed by atoms with Crippen LogP contribution in [0.15, 0.2) is 18.1 Å². The Hall–Kier alpha value is -1.75. The number of carboxylic acid groups (broad SMARTS) is 1. The van der Waals surface area contributed by atoms with Crippen molar-refractivity contribution in [2.24, 2.45) is 0 Å². The zero-order valence-corrected chi connectivity index (χ0v) is 8.10. The average Bonchev–Trinajstić information content (AvgIpc) is 2.16. The van der Waals surface area contributed by atoms with Gasteiger partial charge in [-0.3, -0.25) is 0 Å². The van der Waals surface area contributed by atoms with Crippen LogP contribution in [0.5, 0.6) is 5.75 Å². The van der Waals surface area contributed by atoms with Gasteiger partial charge in [-0.2, -0.15) is 0 Å². The zero-order chi connectivity index (χ0) is 11.0. The monoisotopic (exact) mass is 204 g/mol. The zero-order valence-electron chi connectivity index (χ0n) is 8.10. The third-order valence-corrected chi connectivity index (χ3v) is 2.29. The SMILES string of the molecule is Cc1ccc2c(c1C(=O)O)OB(O)C=C2. The highest BCUT2D eigenvalue weighted by molar-refractivity contribution is 6.51. The highest BCUT2D eigenvalue weighted by atomic mass is 16.5. The lowest BCUT2D eigenvalue weighted by atomic mass is 9.85. The molecule has 76 valence electrons. The molecule has 0 unspecified atom stereocenters. The van der Waals surface area contributed by atoms with Crippen LogP contribution >= 0.6 is 0 Å². The van der Waals surface area contributed by atoms with E-state index >= 15 is 0 Å². The maximum Gasteiger partial charge on any atom is 0.552 e. The topological polar surface area (TPSA) is 66.8 Å². The molecule has 4 nitrogen and oxygen atoms in total. The Kier molecular flexibility index (Phi) is 2.24. The predicted molar refractivity (Wildman–Crippen MR) is 55.8 cm³/mol. The molecule has 2 rings (SSSR count). The van der Waals surface area contributed by atoms with E-state index in [2.05, 4.69) is 0 Å². The maximum absolute atomic E-state index is 11.0. The summed E-state index contributed by atoms with van der Waals surface area (Å²) in [5.74, 6) is 0.646. The maximum atomic E-state index is 11.0. The Labute approximate surface area is 87.0 Å². The molecule has 1 heterocycles. The summed E-state index contributed by atoms with van der Waals surface area (Å²) in [5, 5.41) is 18.3. The number of aromatic carboxylic acids is 1. The second-order valence-corrected chi connectivity index (χ2v) is 3.35. The fraction of sp³-hybridized carbons (Fsp3) is 0.100. The lowest BCUT2D eigenvalue weighted by molar-refractivity contribution is 0.0694. The van der Waals surface area contributed by atoms with Gasteiger partial charge in [0.2, 0.25) is 0 Å². The van der Waals surface area contributed by atoms with Gasteiger partial charge >= 0.3 is 13.1 Å². The largest absolute Gasteiger partial charge is 0.552 e. The van der Waals surface area contributed by atoms with Gasteiger partial charge in [-0.15, -0.1) is 0 Å². The molecule has 0 spiro atoms. The van der Waals surface area contributed by atoms with Gasteiger partial charge in [-0.1, -0.05) is 18.2 Å². The van der Waals surface area contributed by atoms with Crippen molar-refractivity contribution < 1.29 is 19.6 Å². The number of hydrogen-bond donors (Lipinski definition) is 2. The molecule has 1 aliphatic heterocycles. The number of fused-ring (bicyclic) bond motifs is 1. The van der Waals surface area contributed by atoms with Crippen molar-refractivity contribution in [2.45, 2.75) is 6.92 Å². The minimum absolute atomic E-state index is 0.107. The van der Waals surface area contributed by atoms with E-state index in [1.165, 1.54) is 5.98 Å². The van der Waals surface area contributed by atoms with E-state index in [4.69, 9.17) is 9.76 Å². The van der Waals surface area contributed by atoms with Crippen molar-refractivity contribution in [3.05, 3.63) is 34.8 Å². The minimum Gasteiger partial charge on any atom is -0.532 e. The summed E-state index contributed by atoms with van der Waals surface area (Å²) in [5.41, 5.74) is 1.39. The van der Waals surface area contributed by atoms with E-state index in [-0.39, 0.29) is 11.3 Å². The number of aryl methyl sites for hydroxylation is 1. The first-order valence-corrected chi connectivity index (χ1v) is 4.49. The number of benzene rings is 1. The molecule has 0 aromatic heterocycles. The molecule has 0 radical (unpaired) electrons. The summed E-state index contributed by atoms with van der Waals surface area (Å²) in [6, 6.07) is 3.48. The molecule has 0 amide bonds. The predicted octanol–water partition coefficient (Wildman–Crippen LogP) is 1.12. The molecule has 5 heteroatoms. The van der Waals surface area contributed by atoms with E-state index in [9.17, 15) is 9.82 Å². The smallest absolute Gasteiger partial charge is 0.532 e. The molecule has 0 aliphatic carbocycles. The number of carbonyl (C=O) groups is 1. The average molecular weight is 204 g/mol. The first kappa shape index (κ1) is 9.80. The third kappa shape index (κ3) is 1.61. The lowest BCUT2D eigenvalue weighted by Crippen LogP contribution is -2.23. The fourth-order valence-corrected chi connectivity index (χ4v) is 1.57. The molecule has 0 saturated carbocycles. The van der Waals surface area contributed by atoms with Crippen molar-refractivity contribution in [1.29, 1.82) is 0 Å². The van der Waals surface area contributed by atoms with Crippen molar-refractivity contribution in [3.63, 3.8) is 0 Å². The molecule has 0 atom stereocenters. The molecular formula is C10H9BO4. The summed E-state index contributed by atoms with van der Waals surface area (Å²) in [6.45, 7) is 1.69. The second kappa shape index (κ2) is 3.44. The van der Waals surface area contributed by atoms with Crippen LogP contribution in [0.3, 0.4) is 0 Å². The molecule has 1 aromatic carbocycles. The second-order valence-electron chi connectivity index (χ2n) is 3.35. The van der Waals surface area contributed by atoms with E-state index in [0.29, 0.717) is 11.1 Å². The molecule has 0 bridgehead atoms. The lowest BCUT2D eigenvalue weighted by Gasteiger charge is -2.18. The van der Waals surface area contributed by atoms with Crippen LogP contribution in [0.2, 0.25) is 0 Å². The fourth-order valence-electron chi connectivity index (χ4n) is 1.57. The Bertz CT molecular complexity index is 453. The molecule has 0 saturated heterocycles. The van der Waals surface area contributed by atoms with E-state index < -0.39 is 13.1 Å². The first-order chi connectivity index (χ1) is 7.09. The molecular weight excluding hydrogens is 195 g/mol. The van der Waals surface area contributed by atoms with Gasteiger partial charge in [-0.05, 0) is 18.5 Å². The highest BCUT2D eigenvalue weighted by Gasteiger charge is 2.24. The number of rotatable bonds is 1. The van der Waals surface area contributed by atoms with Gasteiger partial charge < -0.3 is 14.8 Å². The Morgan fingerprint density at radius 1 is 1.47 bits per heavy atom. The Morgan fingerprint density at radius 2 is 2.20 bits per heavy atom. The molecule has 1 aliphatic rings. The van der Waals surface area contributed by atoms with Crippen molar-refractivity contribution in [3.8, 4) is 5.75 Å². The van der Waals surface area contributed by atoms with Crippen molar-refractivity contribution in [1.82, 2.24) is 0 Å². The summed E-state index contributed by atoms with van der Waals surface area (Å²) >= 11 is 0. The van der Waals surface area contributed by atoms with Gasteiger partial charge in [-0.25, -0.2) is 4.79 Å². The molecule has 0 fully saturated rings. The van der Waals surface area contributed by atoms with Crippen LogP contribution in [-0.2, 0) is 0 Å². The van der Waals surface area contributed by atoms with Crippen LogP contribution < -0.4 is 4.65 Å². The van der Waals surface area contributed by atoms with Crippen molar-refractivity contribution in [2.75, 3.05) is 0 Å². The molecule has 2 N–H and O–H groups in total. The summed E-state index contributed by atoms with van der Waals surface area (Å²) in [7, 11) is -1.07. The highest BCUT2D eigenvalue weighted by Crippen LogP contribution is 2.31. The number of hydrogen-bond acceptors (Lipinski definition) is 3. The van der Waals surface area contributed by atoms with Crippen LogP contribution in [0, 0.1) is 6.92 Å². The van der Waals surface area contributed by atoms with Crippen LogP contribution in [0.4, 0.5) is 0 Å². The van der Waals surface area contributed by atoms with Crippen LogP contribution in [0.1, 0.15) is 21.5 Å². The standard InChI is InChI=1S/C10H9BO4/c1-6-2-3-7-4-5-11(14)15-9(7)8(6)10(12)13/h2-5,14H,1H3,(H,12,13). The summed E-state index contributed by atoms with van der Waals surface area (Å²) in [6.07, 6.45) is 1.65. The first-order valence-electron chi connectivity index (χ1n) is 4.49. The van der Waals surface area contributed by atoms with Gasteiger partial charge in [0.05, 0.1) is 0 Å². The van der Waals surface area contributed by atoms with Crippen molar-refractivity contribution >= 4 is 19.2 Å². The van der Waals surface area contributed by atoms with Crippen LogP contribution in [0.25, 0.3) is 6.08 Å². The Morgan fingerprint density at radius 3 is 2.87 bits per heavy atom. The quantitative estimate of drug-likeness (QED) is 0.672.